The Morgan fingerprint density at radius 3 is 1.82 bits per heavy atom. The van der Waals surface area contributed by atoms with Gasteiger partial charge in [-0.3, -0.25) is 4.31 Å². The first-order chi connectivity index (χ1) is 13.1. The molecule has 1 rings (SSSR count). The van der Waals surface area contributed by atoms with E-state index in [0.717, 1.165) is 31.4 Å². The molecule has 0 saturated carbocycles. The van der Waals surface area contributed by atoms with Crippen LogP contribution in [0.4, 0.5) is 5.69 Å². The predicted molar refractivity (Wildman–Crippen MR) is 117 cm³/mol. The molecule has 0 atom stereocenters. The Balaban J connectivity index is 0.00000729. The van der Waals surface area contributed by atoms with Crippen LogP contribution < -0.4 is 9.03 Å². The van der Waals surface area contributed by atoms with Crippen molar-refractivity contribution in [2.24, 2.45) is 0 Å². The average Bonchev–Trinajstić information content (AvgIpc) is 2.67. The molecule has 0 unspecified atom stereocenters. The summed E-state index contributed by atoms with van der Waals surface area (Å²) in [6.07, 6.45) is 13.8. The Labute approximate surface area is 184 Å². The van der Waals surface area contributed by atoms with E-state index in [0.29, 0.717) is 13.1 Å². The van der Waals surface area contributed by atoms with Crippen molar-refractivity contribution in [2.45, 2.75) is 90.9 Å². The molecule has 1 aromatic carbocycles. The van der Waals surface area contributed by atoms with Crippen molar-refractivity contribution in [1.82, 2.24) is 4.72 Å². The summed E-state index contributed by atoms with van der Waals surface area (Å²) in [5.74, 6) is 0. The van der Waals surface area contributed by atoms with E-state index in [1.54, 1.807) is 4.31 Å². The first-order valence-corrected chi connectivity index (χ1v) is 12.4. The van der Waals surface area contributed by atoms with Crippen LogP contribution in [0.3, 0.4) is 0 Å². The Morgan fingerprint density at radius 2 is 1.25 bits per heavy atom. The summed E-state index contributed by atoms with van der Waals surface area (Å²) in [5, 5.41) is 0. The third-order valence-corrected chi connectivity index (χ3v) is 6.41. The number of hydrogen-bond acceptors (Lipinski definition) is 2. The molecular weight excluding hydrogens is 415 g/mol. The Morgan fingerprint density at radius 1 is 0.750 bits per heavy atom. The standard InChI is InChI=1S/C22H40N2O2S.Ni/c1-3-5-7-9-11-16-20-23-27(25,26)24(22-18-14-13-15-19-22)21-17-12-10-8-6-4-2;/h13-15,18-19,23H,3-12,16-17,20-21H2,1-2H3;. The number of nitrogens with one attached hydrogen (secondary N) is 1. The zero-order valence-electron chi connectivity index (χ0n) is 17.8. The van der Waals surface area contributed by atoms with E-state index in [9.17, 15) is 8.42 Å². The number of rotatable bonds is 17. The van der Waals surface area contributed by atoms with E-state index in [-0.39, 0.29) is 16.5 Å². The molecule has 0 spiro atoms. The largest absolute Gasteiger partial charge is 0.301 e. The summed E-state index contributed by atoms with van der Waals surface area (Å²) in [7, 11) is -3.49. The fourth-order valence-electron chi connectivity index (χ4n) is 3.20. The SMILES string of the molecule is CCCCCCCCNS(=O)(=O)N(CCCCCCCC)c1ccccc1.[Ni]. The van der Waals surface area contributed by atoms with Gasteiger partial charge in [-0.1, -0.05) is 96.3 Å². The molecule has 0 saturated heterocycles. The monoisotopic (exact) mass is 454 g/mol. The third-order valence-electron chi connectivity index (χ3n) is 4.86. The topological polar surface area (TPSA) is 49.4 Å². The molecule has 0 aromatic heterocycles. The molecule has 4 nitrogen and oxygen atoms in total. The summed E-state index contributed by atoms with van der Waals surface area (Å²) in [6, 6.07) is 9.46. The fourth-order valence-corrected chi connectivity index (χ4v) is 4.53. The van der Waals surface area contributed by atoms with Crippen LogP contribution in [0, 0.1) is 0 Å². The van der Waals surface area contributed by atoms with Gasteiger partial charge in [-0.25, -0.2) is 0 Å². The number of benzene rings is 1. The van der Waals surface area contributed by atoms with Crippen molar-refractivity contribution in [3.8, 4) is 0 Å². The van der Waals surface area contributed by atoms with Crippen LogP contribution >= 0.6 is 0 Å². The van der Waals surface area contributed by atoms with Crippen LogP contribution in [0.2, 0.25) is 0 Å². The molecule has 28 heavy (non-hydrogen) atoms. The van der Waals surface area contributed by atoms with Gasteiger partial charge >= 0.3 is 10.2 Å². The second kappa shape index (κ2) is 17.3. The van der Waals surface area contributed by atoms with Gasteiger partial charge < -0.3 is 0 Å². The van der Waals surface area contributed by atoms with Gasteiger partial charge in [-0.2, -0.15) is 13.1 Å². The number of unbranched alkanes of at least 4 members (excludes halogenated alkanes) is 10. The van der Waals surface area contributed by atoms with Crippen molar-refractivity contribution >= 4 is 15.9 Å². The summed E-state index contributed by atoms with van der Waals surface area (Å²) >= 11 is 0. The minimum Gasteiger partial charge on any atom is -0.258 e. The Kier molecular flexibility index (Phi) is 16.9. The molecule has 0 aliphatic heterocycles. The zero-order chi connectivity index (χ0) is 19.8. The van der Waals surface area contributed by atoms with Crippen molar-refractivity contribution in [3.05, 3.63) is 30.3 Å². The summed E-state index contributed by atoms with van der Waals surface area (Å²) < 4.78 is 30.0. The van der Waals surface area contributed by atoms with Crippen molar-refractivity contribution in [2.75, 3.05) is 17.4 Å². The first-order valence-electron chi connectivity index (χ1n) is 10.9. The third kappa shape index (κ3) is 12.1. The second-order valence-electron chi connectivity index (χ2n) is 7.34. The molecule has 0 bridgehead atoms. The number of nitrogens with zero attached hydrogens (tertiary/aromatic N) is 1. The number of anilines is 1. The van der Waals surface area contributed by atoms with Gasteiger partial charge in [0.15, 0.2) is 0 Å². The molecular formula is C22H40N2NiO2S. The van der Waals surface area contributed by atoms with Crippen LogP contribution in [0.1, 0.15) is 90.9 Å². The molecule has 0 aliphatic carbocycles. The average molecular weight is 455 g/mol. The maximum atomic E-state index is 12.8. The number of para-hydroxylation sites is 1. The van der Waals surface area contributed by atoms with Crippen molar-refractivity contribution in [3.63, 3.8) is 0 Å². The first kappa shape index (κ1) is 27.4. The van der Waals surface area contributed by atoms with E-state index in [1.807, 2.05) is 30.3 Å². The second-order valence-corrected chi connectivity index (χ2v) is 9.02. The summed E-state index contributed by atoms with van der Waals surface area (Å²) in [5.41, 5.74) is 0.751. The van der Waals surface area contributed by atoms with Crippen LogP contribution in [0.15, 0.2) is 30.3 Å². The van der Waals surface area contributed by atoms with Crippen molar-refractivity contribution in [1.29, 1.82) is 0 Å². The minimum absolute atomic E-state index is 0. The molecule has 1 aromatic rings. The fraction of sp³-hybridized carbons (Fsp3) is 0.727. The summed E-state index contributed by atoms with van der Waals surface area (Å²) in [4.78, 5) is 0. The van der Waals surface area contributed by atoms with Crippen LogP contribution in [0.5, 0.6) is 0 Å². The van der Waals surface area contributed by atoms with E-state index >= 15 is 0 Å². The normalized spacial score (nSPS) is 11.2. The molecule has 6 heteroatoms. The Hall–Kier alpha value is -0.576. The van der Waals surface area contributed by atoms with Crippen molar-refractivity contribution < 1.29 is 24.9 Å². The van der Waals surface area contributed by atoms with Crippen LogP contribution in [-0.2, 0) is 26.7 Å². The molecule has 0 heterocycles. The molecule has 0 amide bonds. The minimum atomic E-state index is -3.49. The maximum absolute atomic E-state index is 12.8. The van der Waals surface area contributed by atoms with Crippen LogP contribution in [0.25, 0.3) is 0 Å². The molecule has 1 N–H and O–H groups in total. The number of hydrogen-bond donors (Lipinski definition) is 1. The van der Waals surface area contributed by atoms with Crippen LogP contribution in [-0.4, -0.2) is 21.5 Å². The predicted octanol–water partition coefficient (Wildman–Crippen LogP) is 6.05. The van der Waals surface area contributed by atoms with Gasteiger partial charge in [-0.15, -0.1) is 0 Å². The van der Waals surface area contributed by atoms with Gasteiger partial charge in [0.25, 0.3) is 0 Å². The van der Waals surface area contributed by atoms with Gasteiger partial charge in [-0.05, 0) is 25.0 Å². The Bertz CT molecular complexity index is 567. The smallest absolute Gasteiger partial charge is 0.258 e. The van der Waals surface area contributed by atoms with Gasteiger partial charge in [0.2, 0.25) is 0 Å². The van der Waals surface area contributed by atoms with E-state index in [1.165, 1.54) is 51.4 Å². The van der Waals surface area contributed by atoms with Gasteiger partial charge in [0.1, 0.15) is 0 Å². The zero-order valence-corrected chi connectivity index (χ0v) is 19.6. The van der Waals surface area contributed by atoms with E-state index in [4.69, 9.17) is 0 Å². The molecule has 166 valence electrons. The molecule has 0 fully saturated rings. The quantitative estimate of drug-likeness (QED) is 0.230. The van der Waals surface area contributed by atoms with Gasteiger partial charge in [0, 0.05) is 29.6 Å². The molecule has 0 radical (unpaired) electrons. The van der Waals surface area contributed by atoms with Gasteiger partial charge in [0.05, 0.1) is 5.69 Å². The molecule has 0 aliphatic rings. The summed E-state index contributed by atoms with van der Waals surface area (Å²) in [6.45, 7) is 5.48. The maximum Gasteiger partial charge on any atom is 0.301 e. The van der Waals surface area contributed by atoms with E-state index in [2.05, 4.69) is 18.6 Å². The van der Waals surface area contributed by atoms with E-state index < -0.39 is 10.2 Å².